The Labute approximate surface area is 172 Å². The SMILES string of the molecule is CCOC(=O)c1ccc(OCC(O)CSc2nnnn2-c2ccc(C)cc2)cc1. The molecule has 29 heavy (non-hydrogen) atoms. The van der Waals surface area contributed by atoms with Crippen LogP contribution in [0, 0.1) is 6.92 Å². The number of carbonyl (C=O) groups is 1. The summed E-state index contributed by atoms with van der Waals surface area (Å²) in [6.45, 7) is 4.21. The van der Waals surface area contributed by atoms with Crippen molar-refractivity contribution < 1.29 is 19.4 Å². The maximum atomic E-state index is 11.6. The molecule has 1 unspecified atom stereocenters. The number of thioether (sulfide) groups is 1. The molecule has 1 N–H and O–H groups in total. The van der Waals surface area contributed by atoms with Crippen molar-refractivity contribution in [3.05, 3.63) is 59.7 Å². The fourth-order valence-electron chi connectivity index (χ4n) is 2.43. The van der Waals surface area contributed by atoms with E-state index >= 15 is 0 Å². The van der Waals surface area contributed by atoms with Crippen molar-refractivity contribution in [3.63, 3.8) is 0 Å². The van der Waals surface area contributed by atoms with Crippen molar-refractivity contribution in [3.8, 4) is 11.4 Å². The van der Waals surface area contributed by atoms with Crippen LogP contribution in [0.25, 0.3) is 5.69 Å². The van der Waals surface area contributed by atoms with Gasteiger partial charge in [0.1, 0.15) is 12.4 Å². The van der Waals surface area contributed by atoms with Gasteiger partial charge >= 0.3 is 5.97 Å². The molecule has 0 aliphatic heterocycles. The Morgan fingerprint density at radius 1 is 1.17 bits per heavy atom. The number of nitrogens with zero attached hydrogens (tertiary/aromatic N) is 4. The molecule has 2 aromatic carbocycles. The zero-order valence-electron chi connectivity index (χ0n) is 16.2. The van der Waals surface area contributed by atoms with Gasteiger partial charge < -0.3 is 14.6 Å². The van der Waals surface area contributed by atoms with Gasteiger partial charge in [-0.15, -0.1) is 5.10 Å². The van der Waals surface area contributed by atoms with E-state index in [1.54, 1.807) is 35.9 Å². The third-order valence-corrected chi connectivity index (χ3v) is 5.00. The van der Waals surface area contributed by atoms with Crippen LogP contribution in [0.15, 0.2) is 53.7 Å². The summed E-state index contributed by atoms with van der Waals surface area (Å²) in [6, 6.07) is 14.5. The fraction of sp³-hybridized carbons (Fsp3) is 0.300. The molecule has 0 aliphatic rings. The molecule has 8 nitrogen and oxygen atoms in total. The van der Waals surface area contributed by atoms with E-state index in [4.69, 9.17) is 9.47 Å². The second kappa shape index (κ2) is 10.0. The van der Waals surface area contributed by atoms with Gasteiger partial charge in [0, 0.05) is 5.75 Å². The summed E-state index contributed by atoms with van der Waals surface area (Å²) >= 11 is 1.34. The number of aliphatic hydroxyl groups excluding tert-OH is 1. The number of aliphatic hydroxyl groups is 1. The zero-order chi connectivity index (χ0) is 20.6. The maximum Gasteiger partial charge on any atom is 0.338 e. The molecule has 3 rings (SSSR count). The first-order chi connectivity index (χ1) is 14.1. The summed E-state index contributed by atoms with van der Waals surface area (Å²) in [5, 5.41) is 22.6. The number of hydrogen-bond donors (Lipinski definition) is 1. The Morgan fingerprint density at radius 2 is 1.90 bits per heavy atom. The molecule has 1 heterocycles. The van der Waals surface area contributed by atoms with Gasteiger partial charge in [0.25, 0.3) is 0 Å². The Morgan fingerprint density at radius 3 is 2.59 bits per heavy atom. The van der Waals surface area contributed by atoms with Crippen molar-refractivity contribution in [1.29, 1.82) is 0 Å². The van der Waals surface area contributed by atoms with E-state index in [0.29, 0.717) is 28.8 Å². The van der Waals surface area contributed by atoms with Gasteiger partial charge in [-0.05, 0) is 60.7 Å². The molecule has 0 amide bonds. The first kappa shape index (κ1) is 20.8. The summed E-state index contributed by atoms with van der Waals surface area (Å²) in [7, 11) is 0. The molecule has 0 saturated carbocycles. The number of rotatable bonds is 9. The molecule has 0 bridgehead atoms. The van der Waals surface area contributed by atoms with Crippen LogP contribution in [0.1, 0.15) is 22.8 Å². The average Bonchev–Trinajstić information content (AvgIpc) is 3.20. The first-order valence-corrected chi connectivity index (χ1v) is 10.1. The van der Waals surface area contributed by atoms with Gasteiger partial charge in [0.2, 0.25) is 5.16 Å². The Kier molecular flexibility index (Phi) is 7.20. The van der Waals surface area contributed by atoms with Crippen LogP contribution in [0.3, 0.4) is 0 Å². The van der Waals surface area contributed by atoms with Crippen LogP contribution in [-0.2, 0) is 4.74 Å². The predicted molar refractivity (Wildman–Crippen MR) is 109 cm³/mol. The number of benzene rings is 2. The molecule has 0 saturated heterocycles. The van der Waals surface area contributed by atoms with E-state index in [1.165, 1.54) is 11.8 Å². The third kappa shape index (κ3) is 5.78. The summed E-state index contributed by atoms with van der Waals surface area (Å²) < 4.78 is 12.2. The van der Waals surface area contributed by atoms with Gasteiger partial charge in [-0.25, -0.2) is 4.79 Å². The number of aryl methyl sites for hydroxylation is 1. The Balaban J connectivity index is 1.50. The fourth-order valence-corrected chi connectivity index (χ4v) is 3.23. The molecule has 0 fully saturated rings. The number of carbonyl (C=O) groups excluding carboxylic acids is 1. The highest BCUT2D eigenvalue weighted by Gasteiger charge is 2.13. The van der Waals surface area contributed by atoms with Crippen LogP contribution in [0.4, 0.5) is 0 Å². The number of hydrogen-bond acceptors (Lipinski definition) is 8. The van der Waals surface area contributed by atoms with Crippen molar-refractivity contribution >= 4 is 17.7 Å². The third-order valence-electron chi connectivity index (χ3n) is 3.93. The molecular formula is C20H22N4O4S. The molecule has 0 aliphatic carbocycles. The molecule has 152 valence electrons. The molecule has 3 aromatic rings. The summed E-state index contributed by atoms with van der Waals surface area (Å²) in [4.78, 5) is 11.6. The van der Waals surface area contributed by atoms with E-state index in [0.717, 1.165) is 11.3 Å². The van der Waals surface area contributed by atoms with Gasteiger partial charge in [0.05, 0.1) is 24.0 Å². The van der Waals surface area contributed by atoms with E-state index in [9.17, 15) is 9.90 Å². The highest BCUT2D eigenvalue weighted by atomic mass is 32.2. The minimum absolute atomic E-state index is 0.109. The van der Waals surface area contributed by atoms with Crippen LogP contribution in [-0.4, -0.2) is 56.4 Å². The van der Waals surface area contributed by atoms with Crippen LogP contribution in [0.5, 0.6) is 5.75 Å². The number of esters is 1. The lowest BCUT2D eigenvalue weighted by Crippen LogP contribution is -2.20. The lowest BCUT2D eigenvalue weighted by atomic mass is 10.2. The molecule has 1 aromatic heterocycles. The highest BCUT2D eigenvalue weighted by molar-refractivity contribution is 7.99. The lowest BCUT2D eigenvalue weighted by Gasteiger charge is -2.12. The maximum absolute atomic E-state index is 11.6. The summed E-state index contributed by atoms with van der Waals surface area (Å²) in [6.07, 6.45) is -0.715. The minimum atomic E-state index is -0.715. The van der Waals surface area contributed by atoms with Crippen molar-refractivity contribution in [2.45, 2.75) is 25.1 Å². The number of ether oxygens (including phenoxy) is 2. The normalized spacial score (nSPS) is 11.8. The van der Waals surface area contributed by atoms with Gasteiger partial charge in [-0.1, -0.05) is 29.5 Å². The monoisotopic (exact) mass is 414 g/mol. The number of aromatic nitrogens is 4. The van der Waals surface area contributed by atoms with Gasteiger partial charge in [0.15, 0.2) is 0 Å². The lowest BCUT2D eigenvalue weighted by molar-refractivity contribution is 0.0526. The smallest absolute Gasteiger partial charge is 0.338 e. The van der Waals surface area contributed by atoms with E-state index < -0.39 is 6.10 Å². The Bertz CT molecular complexity index is 928. The number of tetrazole rings is 1. The largest absolute Gasteiger partial charge is 0.491 e. The topological polar surface area (TPSA) is 99.4 Å². The van der Waals surface area contributed by atoms with E-state index in [-0.39, 0.29) is 12.6 Å². The quantitative estimate of drug-likeness (QED) is 0.421. The minimum Gasteiger partial charge on any atom is -0.491 e. The van der Waals surface area contributed by atoms with E-state index in [1.807, 2.05) is 31.2 Å². The van der Waals surface area contributed by atoms with Crippen molar-refractivity contribution in [1.82, 2.24) is 20.2 Å². The molecular weight excluding hydrogens is 392 g/mol. The van der Waals surface area contributed by atoms with Crippen LogP contribution >= 0.6 is 11.8 Å². The van der Waals surface area contributed by atoms with Crippen molar-refractivity contribution in [2.75, 3.05) is 19.0 Å². The van der Waals surface area contributed by atoms with Crippen LogP contribution < -0.4 is 4.74 Å². The standard InChI is InChI=1S/C20H22N4O4S/c1-3-27-19(26)15-6-10-18(11-7-15)28-12-17(25)13-29-20-21-22-23-24(20)16-8-4-14(2)5-9-16/h4-11,17,25H,3,12-13H2,1-2H3. The molecule has 0 spiro atoms. The molecule has 0 radical (unpaired) electrons. The zero-order valence-corrected chi connectivity index (χ0v) is 17.0. The van der Waals surface area contributed by atoms with Crippen LogP contribution in [0.2, 0.25) is 0 Å². The highest BCUT2D eigenvalue weighted by Crippen LogP contribution is 2.20. The first-order valence-electron chi connectivity index (χ1n) is 9.13. The predicted octanol–water partition coefficient (Wildman–Crippen LogP) is 2.68. The van der Waals surface area contributed by atoms with E-state index in [2.05, 4.69) is 15.5 Å². The Hall–Kier alpha value is -2.91. The second-order valence-electron chi connectivity index (χ2n) is 6.23. The van der Waals surface area contributed by atoms with Gasteiger partial charge in [-0.2, -0.15) is 4.68 Å². The summed E-state index contributed by atoms with van der Waals surface area (Å²) in [5.74, 6) is 0.557. The second-order valence-corrected chi connectivity index (χ2v) is 7.22. The van der Waals surface area contributed by atoms with Gasteiger partial charge in [-0.3, -0.25) is 0 Å². The molecule has 9 heteroatoms. The summed E-state index contributed by atoms with van der Waals surface area (Å²) in [5.41, 5.74) is 2.47. The molecule has 1 atom stereocenters. The average molecular weight is 414 g/mol. The van der Waals surface area contributed by atoms with Crippen molar-refractivity contribution in [2.24, 2.45) is 0 Å².